The van der Waals surface area contributed by atoms with E-state index in [1.54, 1.807) is 4.80 Å². The van der Waals surface area contributed by atoms with Crippen LogP contribution in [0.5, 0.6) is 5.75 Å². The molecule has 152 valence electrons. The van der Waals surface area contributed by atoms with E-state index in [1.165, 1.54) is 5.56 Å². The van der Waals surface area contributed by atoms with Gasteiger partial charge in [-0.25, -0.2) is 0 Å². The monoisotopic (exact) mass is 400 g/mol. The van der Waals surface area contributed by atoms with Gasteiger partial charge in [0.05, 0.1) is 5.69 Å². The van der Waals surface area contributed by atoms with E-state index in [9.17, 15) is 4.79 Å². The molecule has 0 unspecified atom stereocenters. The van der Waals surface area contributed by atoms with E-state index in [4.69, 9.17) is 4.74 Å². The lowest BCUT2D eigenvalue weighted by Gasteiger charge is -2.10. The van der Waals surface area contributed by atoms with Crippen molar-refractivity contribution in [1.29, 1.82) is 0 Å². The van der Waals surface area contributed by atoms with Gasteiger partial charge in [-0.15, -0.1) is 10.2 Å². The molecular formula is C24H24N4O2. The quantitative estimate of drug-likeness (QED) is 0.513. The second-order valence-corrected chi connectivity index (χ2v) is 7.27. The highest BCUT2D eigenvalue weighted by molar-refractivity contribution is 5.95. The van der Waals surface area contributed by atoms with Gasteiger partial charge in [-0.3, -0.25) is 4.79 Å². The van der Waals surface area contributed by atoms with E-state index in [1.807, 2.05) is 62.4 Å². The van der Waals surface area contributed by atoms with Gasteiger partial charge in [0.15, 0.2) is 6.61 Å². The average Bonchev–Trinajstić information content (AvgIpc) is 3.16. The summed E-state index contributed by atoms with van der Waals surface area (Å²) >= 11 is 0. The first-order chi connectivity index (χ1) is 14.5. The van der Waals surface area contributed by atoms with Gasteiger partial charge in [0, 0.05) is 5.69 Å². The van der Waals surface area contributed by atoms with Crippen molar-refractivity contribution >= 4 is 22.6 Å². The van der Waals surface area contributed by atoms with Crippen LogP contribution in [0.4, 0.5) is 5.69 Å². The van der Waals surface area contributed by atoms with E-state index < -0.39 is 0 Å². The zero-order valence-electron chi connectivity index (χ0n) is 17.3. The Kier molecular flexibility index (Phi) is 5.48. The van der Waals surface area contributed by atoms with Crippen LogP contribution in [0.15, 0.2) is 60.7 Å². The van der Waals surface area contributed by atoms with Crippen LogP contribution in [0, 0.1) is 13.8 Å². The fourth-order valence-electron chi connectivity index (χ4n) is 3.23. The highest BCUT2D eigenvalue weighted by atomic mass is 16.5. The smallest absolute Gasteiger partial charge is 0.262 e. The fraction of sp³-hybridized carbons (Fsp3) is 0.208. The van der Waals surface area contributed by atoms with Crippen molar-refractivity contribution in [2.45, 2.75) is 27.2 Å². The Morgan fingerprint density at radius 2 is 1.67 bits per heavy atom. The predicted octanol–water partition coefficient (Wildman–Crippen LogP) is 4.62. The molecule has 0 aliphatic carbocycles. The van der Waals surface area contributed by atoms with Crippen molar-refractivity contribution in [3.05, 3.63) is 77.4 Å². The standard InChI is InChI=1S/C24H24N4O2/c1-4-18-9-11-19(12-10-18)28-26-21-13-17(3)20(14-22(21)27-28)25-24(29)15-30-23-8-6-5-7-16(23)2/h5-14H,4,15H2,1-3H3,(H,25,29). The molecule has 0 spiro atoms. The molecule has 0 bridgehead atoms. The number of nitrogens with zero attached hydrogens (tertiary/aromatic N) is 3. The van der Waals surface area contributed by atoms with Crippen molar-refractivity contribution in [1.82, 2.24) is 15.0 Å². The number of aromatic nitrogens is 3. The number of nitrogens with one attached hydrogen (secondary N) is 1. The summed E-state index contributed by atoms with van der Waals surface area (Å²) in [6.07, 6.45) is 0.991. The number of ether oxygens (including phenoxy) is 1. The average molecular weight is 400 g/mol. The third-order valence-corrected chi connectivity index (χ3v) is 5.03. The molecule has 0 saturated heterocycles. The summed E-state index contributed by atoms with van der Waals surface area (Å²) in [6, 6.07) is 19.6. The Morgan fingerprint density at radius 3 is 2.37 bits per heavy atom. The summed E-state index contributed by atoms with van der Waals surface area (Å²) in [7, 11) is 0. The Labute approximate surface area is 175 Å². The van der Waals surface area contributed by atoms with E-state index in [0.717, 1.165) is 34.3 Å². The number of aryl methyl sites for hydroxylation is 3. The number of carbonyl (C=O) groups excluding carboxylic acids is 1. The minimum atomic E-state index is -0.219. The number of anilines is 1. The van der Waals surface area contributed by atoms with Gasteiger partial charge in [-0.05, 0) is 67.3 Å². The maximum Gasteiger partial charge on any atom is 0.262 e. The van der Waals surface area contributed by atoms with Gasteiger partial charge in [0.1, 0.15) is 16.8 Å². The highest BCUT2D eigenvalue weighted by Crippen LogP contribution is 2.23. The molecule has 6 nitrogen and oxygen atoms in total. The van der Waals surface area contributed by atoms with Gasteiger partial charge in [0.2, 0.25) is 0 Å². The predicted molar refractivity (Wildman–Crippen MR) is 118 cm³/mol. The Morgan fingerprint density at radius 1 is 0.967 bits per heavy atom. The number of para-hydroxylation sites is 1. The molecule has 0 radical (unpaired) electrons. The zero-order valence-corrected chi connectivity index (χ0v) is 17.3. The van der Waals surface area contributed by atoms with Gasteiger partial charge in [0.25, 0.3) is 5.91 Å². The summed E-state index contributed by atoms with van der Waals surface area (Å²) in [6.45, 7) is 5.95. The largest absolute Gasteiger partial charge is 0.483 e. The summed E-state index contributed by atoms with van der Waals surface area (Å²) in [5.41, 5.74) is 6.28. The first-order valence-electron chi connectivity index (χ1n) is 9.99. The second kappa shape index (κ2) is 8.37. The van der Waals surface area contributed by atoms with Crippen LogP contribution in [0.3, 0.4) is 0 Å². The summed E-state index contributed by atoms with van der Waals surface area (Å²) < 4.78 is 5.63. The number of benzene rings is 3. The SMILES string of the molecule is CCc1ccc(-n2nc3cc(C)c(NC(=O)COc4ccccc4C)cc3n2)cc1. The zero-order chi connectivity index (χ0) is 21.1. The fourth-order valence-corrected chi connectivity index (χ4v) is 3.23. The van der Waals surface area contributed by atoms with Crippen LogP contribution < -0.4 is 10.1 Å². The molecule has 0 atom stereocenters. The summed E-state index contributed by atoms with van der Waals surface area (Å²) in [4.78, 5) is 14.0. The Bertz CT molecular complexity index is 1200. The first kappa shape index (κ1) is 19.6. The molecule has 1 aromatic heterocycles. The van der Waals surface area contributed by atoms with Gasteiger partial charge in [-0.1, -0.05) is 37.3 Å². The maximum atomic E-state index is 12.4. The lowest BCUT2D eigenvalue weighted by atomic mass is 10.1. The molecule has 1 N–H and O–H groups in total. The van der Waals surface area contributed by atoms with Crippen LogP contribution in [-0.2, 0) is 11.2 Å². The van der Waals surface area contributed by atoms with Crippen LogP contribution >= 0.6 is 0 Å². The number of carbonyl (C=O) groups is 1. The lowest BCUT2D eigenvalue weighted by Crippen LogP contribution is -2.20. The molecular weight excluding hydrogens is 376 g/mol. The van der Waals surface area contributed by atoms with Crippen molar-refractivity contribution in [3.63, 3.8) is 0 Å². The number of fused-ring (bicyclic) bond motifs is 1. The maximum absolute atomic E-state index is 12.4. The van der Waals surface area contributed by atoms with Crippen molar-refractivity contribution in [2.75, 3.05) is 11.9 Å². The normalized spacial score (nSPS) is 10.9. The van der Waals surface area contributed by atoms with Gasteiger partial charge in [-0.2, -0.15) is 4.80 Å². The summed E-state index contributed by atoms with van der Waals surface area (Å²) in [5, 5.41) is 12.1. The lowest BCUT2D eigenvalue weighted by molar-refractivity contribution is -0.118. The van der Waals surface area contributed by atoms with E-state index in [-0.39, 0.29) is 12.5 Å². The number of amides is 1. The number of hydrogen-bond donors (Lipinski definition) is 1. The van der Waals surface area contributed by atoms with Gasteiger partial charge < -0.3 is 10.1 Å². The van der Waals surface area contributed by atoms with E-state index >= 15 is 0 Å². The van der Waals surface area contributed by atoms with Crippen LogP contribution in [0.2, 0.25) is 0 Å². The highest BCUT2D eigenvalue weighted by Gasteiger charge is 2.11. The molecule has 0 saturated carbocycles. The van der Waals surface area contributed by atoms with E-state index in [2.05, 4.69) is 34.6 Å². The third kappa shape index (κ3) is 4.17. The first-order valence-corrected chi connectivity index (χ1v) is 9.99. The molecule has 1 heterocycles. The topological polar surface area (TPSA) is 69.0 Å². The molecule has 0 fully saturated rings. The Hall–Kier alpha value is -3.67. The number of hydrogen-bond acceptors (Lipinski definition) is 4. The minimum absolute atomic E-state index is 0.0567. The molecule has 6 heteroatoms. The summed E-state index contributed by atoms with van der Waals surface area (Å²) in [5.74, 6) is 0.486. The minimum Gasteiger partial charge on any atom is -0.483 e. The van der Waals surface area contributed by atoms with Gasteiger partial charge >= 0.3 is 0 Å². The molecule has 4 rings (SSSR count). The van der Waals surface area contributed by atoms with Crippen LogP contribution in [0.1, 0.15) is 23.6 Å². The number of rotatable bonds is 6. The molecule has 0 aliphatic rings. The second-order valence-electron chi connectivity index (χ2n) is 7.27. The molecule has 1 amide bonds. The van der Waals surface area contributed by atoms with Crippen LogP contribution in [0.25, 0.3) is 16.7 Å². The third-order valence-electron chi connectivity index (χ3n) is 5.03. The molecule has 0 aliphatic heterocycles. The van der Waals surface area contributed by atoms with E-state index in [0.29, 0.717) is 11.4 Å². The van der Waals surface area contributed by atoms with Crippen molar-refractivity contribution in [3.8, 4) is 11.4 Å². The van der Waals surface area contributed by atoms with Crippen molar-refractivity contribution < 1.29 is 9.53 Å². The Balaban J connectivity index is 1.50. The molecule has 4 aromatic rings. The molecule has 30 heavy (non-hydrogen) atoms. The molecule has 3 aromatic carbocycles. The van der Waals surface area contributed by atoms with Crippen molar-refractivity contribution in [2.24, 2.45) is 0 Å². The van der Waals surface area contributed by atoms with Crippen LogP contribution in [-0.4, -0.2) is 27.5 Å².